The van der Waals surface area contributed by atoms with Crippen LogP contribution >= 0.6 is 0 Å². The lowest BCUT2D eigenvalue weighted by Crippen LogP contribution is -2.13. The Kier molecular flexibility index (Phi) is 1.65. The van der Waals surface area contributed by atoms with Gasteiger partial charge in [0.1, 0.15) is 5.84 Å². The molecule has 3 nitrogen and oxygen atoms in total. The molecule has 0 aromatic heterocycles. The van der Waals surface area contributed by atoms with Crippen LogP contribution in [0.2, 0.25) is 0 Å². The van der Waals surface area contributed by atoms with E-state index in [-0.39, 0.29) is 11.6 Å². The van der Waals surface area contributed by atoms with Crippen molar-refractivity contribution in [2.45, 2.75) is 12.8 Å². The molecule has 0 saturated carbocycles. The van der Waals surface area contributed by atoms with Crippen molar-refractivity contribution in [1.29, 1.82) is 5.41 Å². The first-order chi connectivity index (χ1) is 6.20. The van der Waals surface area contributed by atoms with Gasteiger partial charge in [-0.25, -0.2) is 0 Å². The molecule has 2 rings (SSSR count). The van der Waals surface area contributed by atoms with Crippen molar-refractivity contribution in [3.8, 4) is 0 Å². The van der Waals surface area contributed by atoms with Crippen LogP contribution in [0.3, 0.4) is 0 Å². The van der Waals surface area contributed by atoms with Gasteiger partial charge in [0.2, 0.25) is 0 Å². The largest absolute Gasteiger partial charge is 0.384 e. The van der Waals surface area contributed by atoms with E-state index in [4.69, 9.17) is 11.1 Å². The zero-order valence-corrected chi connectivity index (χ0v) is 7.13. The lowest BCUT2D eigenvalue weighted by atomic mass is 10.0. The Bertz CT molecular complexity index is 396. The molecule has 0 heterocycles. The van der Waals surface area contributed by atoms with E-state index in [0.717, 1.165) is 17.5 Å². The minimum atomic E-state index is 0.0477. The summed E-state index contributed by atoms with van der Waals surface area (Å²) in [7, 11) is 0. The second-order valence-electron chi connectivity index (χ2n) is 3.17. The lowest BCUT2D eigenvalue weighted by Gasteiger charge is -2.04. The van der Waals surface area contributed by atoms with Crippen molar-refractivity contribution in [2.24, 2.45) is 5.73 Å². The number of nitrogens with two attached hydrogens (primary N) is 1. The average molecular weight is 174 g/mol. The highest BCUT2D eigenvalue weighted by Crippen LogP contribution is 2.24. The first-order valence-electron chi connectivity index (χ1n) is 4.19. The molecule has 0 bridgehead atoms. The Morgan fingerprint density at radius 2 is 2.15 bits per heavy atom. The summed E-state index contributed by atoms with van der Waals surface area (Å²) in [5.41, 5.74) is 7.80. The van der Waals surface area contributed by atoms with E-state index in [1.54, 1.807) is 18.2 Å². The number of carbonyl (C=O) groups excluding carboxylic acids is 1. The molecule has 1 aromatic carbocycles. The SMILES string of the molecule is N=C(N)c1cccc2c1CCC2=O. The summed E-state index contributed by atoms with van der Waals surface area (Å²) in [5.74, 6) is 0.213. The van der Waals surface area contributed by atoms with E-state index in [0.29, 0.717) is 12.0 Å². The van der Waals surface area contributed by atoms with Crippen LogP contribution in [0.15, 0.2) is 18.2 Å². The Labute approximate surface area is 76.1 Å². The van der Waals surface area contributed by atoms with Crippen LogP contribution in [0, 0.1) is 5.41 Å². The minimum Gasteiger partial charge on any atom is -0.384 e. The van der Waals surface area contributed by atoms with Crippen LogP contribution < -0.4 is 5.73 Å². The molecule has 0 radical (unpaired) electrons. The summed E-state index contributed by atoms with van der Waals surface area (Å²) in [6.07, 6.45) is 1.28. The van der Waals surface area contributed by atoms with Gasteiger partial charge in [0.05, 0.1) is 0 Å². The first kappa shape index (κ1) is 7.98. The predicted octanol–water partition coefficient (Wildman–Crippen LogP) is 1.10. The number of amidine groups is 1. The Hall–Kier alpha value is -1.64. The fourth-order valence-corrected chi connectivity index (χ4v) is 1.74. The predicted molar refractivity (Wildman–Crippen MR) is 50.1 cm³/mol. The molecular formula is C10H10N2O. The van der Waals surface area contributed by atoms with Crippen molar-refractivity contribution < 1.29 is 4.79 Å². The smallest absolute Gasteiger partial charge is 0.163 e. The summed E-state index contributed by atoms with van der Waals surface area (Å²) in [6, 6.07) is 5.37. The van der Waals surface area contributed by atoms with Crippen LogP contribution in [0.5, 0.6) is 0 Å². The molecule has 0 amide bonds. The molecule has 13 heavy (non-hydrogen) atoms. The summed E-state index contributed by atoms with van der Waals surface area (Å²) in [5, 5.41) is 7.34. The molecule has 1 aliphatic rings. The number of rotatable bonds is 1. The molecule has 0 atom stereocenters. The number of fused-ring (bicyclic) bond motifs is 1. The summed E-state index contributed by atoms with van der Waals surface area (Å²) < 4.78 is 0. The number of benzene rings is 1. The topological polar surface area (TPSA) is 66.9 Å². The molecule has 0 fully saturated rings. The van der Waals surface area contributed by atoms with Crippen LogP contribution in [-0.4, -0.2) is 11.6 Å². The normalized spacial score (nSPS) is 14.3. The maximum absolute atomic E-state index is 11.3. The minimum absolute atomic E-state index is 0.0477. The van der Waals surface area contributed by atoms with Gasteiger partial charge >= 0.3 is 0 Å². The molecule has 0 spiro atoms. The zero-order valence-electron chi connectivity index (χ0n) is 7.13. The molecule has 0 aliphatic heterocycles. The molecule has 3 heteroatoms. The second kappa shape index (κ2) is 2.69. The standard InChI is InChI=1S/C10H10N2O/c11-10(12)8-3-1-2-7-6(8)4-5-9(7)13/h1-3H,4-5H2,(H3,11,12). The molecular weight excluding hydrogens is 164 g/mol. The maximum Gasteiger partial charge on any atom is 0.163 e. The van der Waals surface area contributed by atoms with Gasteiger partial charge in [0.15, 0.2) is 5.78 Å². The molecule has 0 saturated heterocycles. The molecule has 66 valence electrons. The summed E-state index contributed by atoms with van der Waals surface area (Å²) in [6.45, 7) is 0. The van der Waals surface area contributed by atoms with Gasteiger partial charge in [0.25, 0.3) is 0 Å². The number of Topliss-reactive ketones (excluding diaryl/α,β-unsaturated/α-hetero) is 1. The molecule has 0 unspecified atom stereocenters. The lowest BCUT2D eigenvalue weighted by molar-refractivity contribution is 0.0994. The van der Waals surface area contributed by atoms with E-state index in [1.165, 1.54) is 0 Å². The highest BCUT2D eigenvalue weighted by Gasteiger charge is 2.22. The molecule has 1 aromatic rings. The van der Waals surface area contributed by atoms with Crippen molar-refractivity contribution in [1.82, 2.24) is 0 Å². The summed E-state index contributed by atoms with van der Waals surface area (Å²) >= 11 is 0. The highest BCUT2D eigenvalue weighted by molar-refractivity contribution is 6.05. The average Bonchev–Trinajstić information content (AvgIpc) is 2.48. The Morgan fingerprint density at radius 3 is 2.85 bits per heavy atom. The van der Waals surface area contributed by atoms with Crippen LogP contribution in [-0.2, 0) is 6.42 Å². The fourth-order valence-electron chi connectivity index (χ4n) is 1.74. The highest BCUT2D eigenvalue weighted by atomic mass is 16.1. The Balaban J connectivity index is 2.63. The maximum atomic E-state index is 11.3. The van der Waals surface area contributed by atoms with Gasteiger partial charge in [-0.1, -0.05) is 18.2 Å². The summed E-state index contributed by atoms with van der Waals surface area (Å²) in [4.78, 5) is 11.3. The van der Waals surface area contributed by atoms with Gasteiger partial charge in [-0.2, -0.15) is 0 Å². The van der Waals surface area contributed by atoms with Gasteiger partial charge in [-0.05, 0) is 12.0 Å². The number of nitrogens with one attached hydrogen (secondary N) is 1. The zero-order chi connectivity index (χ0) is 9.42. The number of hydrogen-bond donors (Lipinski definition) is 2. The van der Waals surface area contributed by atoms with Crippen LogP contribution in [0.4, 0.5) is 0 Å². The van der Waals surface area contributed by atoms with Crippen molar-refractivity contribution in [3.63, 3.8) is 0 Å². The van der Waals surface area contributed by atoms with E-state index in [1.807, 2.05) is 0 Å². The van der Waals surface area contributed by atoms with Gasteiger partial charge < -0.3 is 5.73 Å². The van der Waals surface area contributed by atoms with E-state index < -0.39 is 0 Å². The van der Waals surface area contributed by atoms with Gasteiger partial charge in [-0.3, -0.25) is 10.2 Å². The number of carbonyl (C=O) groups is 1. The number of ketones is 1. The van der Waals surface area contributed by atoms with Crippen LogP contribution in [0.1, 0.15) is 27.9 Å². The van der Waals surface area contributed by atoms with Crippen molar-refractivity contribution in [2.75, 3.05) is 0 Å². The van der Waals surface area contributed by atoms with Gasteiger partial charge in [0, 0.05) is 17.5 Å². The quantitative estimate of drug-likeness (QED) is 0.494. The van der Waals surface area contributed by atoms with Crippen molar-refractivity contribution in [3.05, 3.63) is 34.9 Å². The van der Waals surface area contributed by atoms with E-state index in [9.17, 15) is 4.79 Å². The van der Waals surface area contributed by atoms with E-state index >= 15 is 0 Å². The third-order valence-electron chi connectivity index (χ3n) is 2.37. The molecule has 3 N–H and O–H groups in total. The molecule has 1 aliphatic carbocycles. The van der Waals surface area contributed by atoms with Crippen molar-refractivity contribution >= 4 is 11.6 Å². The fraction of sp³-hybridized carbons (Fsp3) is 0.200. The Morgan fingerprint density at radius 1 is 1.38 bits per heavy atom. The third-order valence-corrected chi connectivity index (χ3v) is 2.37. The van der Waals surface area contributed by atoms with Gasteiger partial charge in [-0.15, -0.1) is 0 Å². The van der Waals surface area contributed by atoms with Crippen LogP contribution in [0.25, 0.3) is 0 Å². The first-order valence-corrected chi connectivity index (χ1v) is 4.19. The van der Waals surface area contributed by atoms with E-state index in [2.05, 4.69) is 0 Å². The second-order valence-corrected chi connectivity index (χ2v) is 3.17. The number of nitrogen functional groups attached to an aromatic ring is 1. The monoisotopic (exact) mass is 174 g/mol. The number of hydrogen-bond acceptors (Lipinski definition) is 2. The third kappa shape index (κ3) is 1.13.